The van der Waals surface area contributed by atoms with Gasteiger partial charge in [0.2, 0.25) is 0 Å². The topological polar surface area (TPSA) is 42.7 Å². The van der Waals surface area contributed by atoms with E-state index in [2.05, 4.69) is 30.4 Å². The lowest BCUT2D eigenvalue weighted by Gasteiger charge is -2.28. The van der Waals surface area contributed by atoms with Crippen molar-refractivity contribution in [1.29, 1.82) is 0 Å². The Kier molecular flexibility index (Phi) is 2.98. The summed E-state index contributed by atoms with van der Waals surface area (Å²) in [6, 6.07) is 14.4. The molecule has 1 atom stereocenters. The Balaban J connectivity index is 1.68. The summed E-state index contributed by atoms with van der Waals surface area (Å²) in [4.78, 5) is 4.87. The molecule has 4 nitrogen and oxygen atoms in total. The monoisotopic (exact) mass is 336 g/mol. The molecule has 120 valence electrons. The van der Waals surface area contributed by atoms with Gasteiger partial charge in [0, 0.05) is 22.2 Å². The molecule has 0 unspecified atom stereocenters. The number of hydrogen-bond donors (Lipinski definition) is 1. The van der Waals surface area contributed by atoms with E-state index in [1.54, 1.807) is 0 Å². The van der Waals surface area contributed by atoms with Crippen molar-refractivity contribution in [3.8, 4) is 11.4 Å². The molecule has 1 aliphatic carbocycles. The number of hydrogen-bond acceptors (Lipinski definition) is 3. The highest BCUT2D eigenvalue weighted by molar-refractivity contribution is 6.30. The van der Waals surface area contributed by atoms with Gasteiger partial charge in [-0.3, -0.25) is 0 Å². The summed E-state index contributed by atoms with van der Waals surface area (Å²) >= 11 is 6.05. The molecule has 3 aromatic rings. The normalized spacial score (nSPS) is 18.7. The van der Waals surface area contributed by atoms with Gasteiger partial charge < -0.3 is 5.32 Å². The van der Waals surface area contributed by atoms with Crippen LogP contribution in [0.2, 0.25) is 5.02 Å². The van der Waals surface area contributed by atoms with Crippen molar-refractivity contribution in [3.05, 3.63) is 64.4 Å². The van der Waals surface area contributed by atoms with E-state index in [0.29, 0.717) is 5.92 Å². The molecule has 0 bridgehead atoms. The van der Waals surface area contributed by atoms with E-state index in [1.807, 2.05) is 28.9 Å². The van der Waals surface area contributed by atoms with Gasteiger partial charge in [-0.25, -0.2) is 9.67 Å². The maximum Gasteiger partial charge on any atom is 0.163 e. The molecule has 1 saturated carbocycles. The Hall–Kier alpha value is -2.33. The molecule has 5 heteroatoms. The fraction of sp³-hybridized carbons (Fsp3) is 0.263. The van der Waals surface area contributed by atoms with E-state index < -0.39 is 0 Å². The number of nitrogens with zero attached hydrogens (tertiary/aromatic N) is 3. The number of halogens is 1. The van der Waals surface area contributed by atoms with Gasteiger partial charge in [-0.2, -0.15) is 5.10 Å². The van der Waals surface area contributed by atoms with E-state index in [1.165, 1.54) is 18.4 Å². The van der Waals surface area contributed by atoms with Crippen molar-refractivity contribution in [1.82, 2.24) is 14.8 Å². The first-order valence-electron chi connectivity index (χ1n) is 8.28. The second-order valence-corrected chi connectivity index (χ2v) is 7.10. The lowest BCUT2D eigenvalue weighted by molar-refractivity contribution is 0.567. The number of benzene rings is 2. The van der Waals surface area contributed by atoms with Gasteiger partial charge in [0.1, 0.15) is 6.17 Å². The van der Waals surface area contributed by atoms with Gasteiger partial charge >= 0.3 is 0 Å². The number of fused-ring (bicyclic) bond motifs is 3. The SMILES string of the molecule is Cc1ccc2c(c1)-c1nc(C3CC3)nn1[C@@H](c1ccc(Cl)cc1)N2. The predicted molar refractivity (Wildman–Crippen MR) is 95.4 cm³/mol. The molecule has 5 rings (SSSR count). The lowest BCUT2D eigenvalue weighted by Crippen LogP contribution is -2.26. The summed E-state index contributed by atoms with van der Waals surface area (Å²) in [5.41, 5.74) is 4.57. The minimum absolute atomic E-state index is 0.0625. The molecule has 2 heterocycles. The fourth-order valence-corrected chi connectivity index (χ4v) is 3.39. The summed E-state index contributed by atoms with van der Waals surface area (Å²) in [6.07, 6.45) is 2.33. The maximum absolute atomic E-state index is 6.05. The largest absolute Gasteiger partial charge is 0.359 e. The Morgan fingerprint density at radius 1 is 1.12 bits per heavy atom. The molecule has 0 saturated heterocycles. The summed E-state index contributed by atoms with van der Waals surface area (Å²) < 4.78 is 2.03. The maximum atomic E-state index is 6.05. The van der Waals surface area contributed by atoms with E-state index >= 15 is 0 Å². The van der Waals surface area contributed by atoms with Gasteiger partial charge in [-0.1, -0.05) is 35.4 Å². The van der Waals surface area contributed by atoms with Gasteiger partial charge in [0.25, 0.3) is 0 Å². The summed E-state index contributed by atoms with van der Waals surface area (Å²) in [7, 11) is 0. The molecular formula is C19H17ClN4. The highest BCUT2D eigenvalue weighted by atomic mass is 35.5. The number of aryl methyl sites for hydroxylation is 1. The molecule has 0 amide bonds. The van der Waals surface area contributed by atoms with Gasteiger partial charge in [-0.05, 0) is 49.6 Å². The molecule has 24 heavy (non-hydrogen) atoms. The van der Waals surface area contributed by atoms with Crippen LogP contribution in [0.15, 0.2) is 42.5 Å². The average molecular weight is 337 g/mol. The van der Waals surface area contributed by atoms with Crippen molar-refractivity contribution >= 4 is 17.3 Å². The number of aromatic nitrogens is 3. The third kappa shape index (κ3) is 2.21. The Labute approximate surface area is 145 Å². The van der Waals surface area contributed by atoms with Crippen LogP contribution in [0, 0.1) is 6.92 Å². The van der Waals surface area contributed by atoms with Crippen molar-refractivity contribution in [3.63, 3.8) is 0 Å². The average Bonchev–Trinajstić information content (AvgIpc) is 3.34. The molecule has 0 radical (unpaired) electrons. The second-order valence-electron chi connectivity index (χ2n) is 6.66. The fourth-order valence-electron chi connectivity index (χ4n) is 3.26. The zero-order chi connectivity index (χ0) is 16.3. The third-order valence-electron chi connectivity index (χ3n) is 4.73. The summed E-state index contributed by atoms with van der Waals surface area (Å²) in [5, 5.41) is 9.18. The van der Waals surface area contributed by atoms with E-state index in [0.717, 1.165) is 33.5 Å². The van der Waals surface area contributed by atoms with Crippen molar-refractivity contribution in [2.45, 2.75) is 31.8 Å². The van der Waals surface area contributed by atoms with Crippen molar-refractivity contribution < 1.29 is 0 Å². The summed E-state index contributed by atoms with van der Waals surface area (Å²) in [5.74, 6) is 2.46. The molecule has 1 fully saturated rings. The molecule has 0 spiro atoms. The summed E-state index contributed by atoms with van der Waals surface area (Å²) in [6.45, 7) is 2.11. The van der Waals surface area contributed by atoms with Crippen LogP contribution in [0.1, 0.15) is 41.9 Å². The highest BCUT2D eigenvalue weighted by Gasteiger charge is 2.33. The highest BCUT2D eigenvalue weighted by Crippen LogP contribution is 2.42. The first-order chi connectivity index (χ1) is 11.7. The van der Waals surface area contributed by atoms with Crippen LogP contribution < -0.4 is 5.32 Å². The minimum Gasteiger partial charge on any atom is -0.359 e. The Bertz CT molecular complexity index is 925. The number of anilines is 1. The van der Waals surface area contributed by atoms with Gasteiger partial charge in [0.05, 0.1) is 0 Å². The molecule has 1 aliphatic heterocycles. The molecular weight excluding hydrogens is 320 g/mol. The van der Waals surface area contributed by atoms with Gasteiger partial charge in [-0.15, -0.1) is 0 Å². The number of nitrogens with one attached hydrogen (secondary N) is 1. The van der Waals surface area contributed by atoms with Crippen LogP contribution >= 0.6 is 11.6 Å². The van der Waals surface area contributed by atoms with Crippen LogP contribution in [0.4, 0.5) is 5.69 Å². The van der Waals surface area contributed by atoms with Gasteiger partial charge in [0.15, 0.2) is 11.6 Å². The molecule has 2 aliphatic rings. The van der Waals surface area contributed by atoms with E-state index in [-0.39, 0.29) is 6.17 Å². The van der Waals surface area contributed by atoms with Crippen molar-refractivity contribution in [2.24, 2.45) is 0 Å². The Morgan fingerprint density at radius 3 is 2.67 bits per heavy atom. The zero-order valence-electron chi connectivity index (χ0n) is 13.3. The van der Waals surface area contributed by atoms with Crippen LogP contribution in [-0.4, -0.2) is 14.8 Å². The number of rotatable bonds is 2. The van der Waals surface area contributed by atoms with E-state index in [4.69, 9.17) is 21.7 Å². The minimum atomic E-state index is -0.0625. The third-order valence-corrected chi connectivity index (χ3v) is 4.98. The molecule has 1 aromatic heterocycles. The zero-order valence-corrected chi connectivity index (χ0v) is 14.1. The first-order valence-corrected chi connectivity index (χ1v) is 8.66. The molecule has 1 N–H and O–H groups in total. The predicted octanol–water partition coefficient (Wildman–Crippen LogP) is 4.76. The quantitative estimate of drug-likeness (QED) is 0.734. The standard InChI is InChI=1S/C19H17ClN4/c1-11-2-9-16-15(10-11)19-22-17(12-3-4-12)23-24(19)18(21-16)13-5-7-14(20)8-6-13/h2,5-10,12,18,21H,3-4H2,1H3/t18-/m0/s1. The van der Waals surface area contributed by atoms with E-state index in [9.17, 15) is 0 Å². The Morgan fingerprint density at radius 2 is 1.92 bits per heavy atom. The smallest absolute Gasteiger partial charge is 0.163 e. The lowest BCUT2D eigenvalue weighted by atomic mass is 10.0. The second kappa shape index (κ2) is 5.08. The first kappa shape index (κ1) is 14.1. The van der Waals surface area contributed by atoms with Crippen LogP contribution in [0.5, 0.6) is 0 Å². The van der Waals surface area contributed by atoms with Crippen LogP contribution in [0.25, 0.3) is 11.4 Å². The van der Waals surface area contributed by atoms with Crippen molar-refractivity contribution in [2.75, 3.05) is 5.32 Å². The molecule has 2 aromatic carbocycles. The van der Waals surface area contributed by atoms with Crippen LogP contribution in [0.3, 0.4) is 0 Å². The van der Waals surface area contributed by atoms with Crippen LogP contribution in [-0.2, 0) is 0 Å².